The number of benzene rings is 4. The van der Waals surface area contributed by atoms with E-state index in [2.05, 4.69) is 9.47 Å². The minimum atomic E-state index is -0.807. The van der Waals surface area contributed by atoms with E-state index >= 15 is 0 Å². The van der Waals surface area contributed by atoms with Crippen molar-refractivity contribution >= 4 is 47.6 Å². The van der Waals surface area contributed by atoms with Crippen molar-refractivity contribution in [1.29, 1.82) is 0 Å². The van der Waals surface area contributed by atoms with Gasteiger partial charge in [0.05, 0.1) is 33.4 Å². The summed E-state index contributed by atoms with van der Waals surface area (Å²) in [5, 5.41) is 0. The van der Waals surface area contributed by atoms with Crippen LogP contribution in [0, 0.1) is 0 Å². The van der Waals surface area contributed by atoms with Crippen LogP contribution in [-0.4, -0.2) is 35.8 Å². The molecule has 6 rings (SSSR count). The molecule has 0 fully saturated rings. The van der Waals surface area contributed by atoms with Crippen LogP contribution in [0.1, 0.15) is 62.1 Å². The third-order valence-corrected chi connectivity index (χ3v) is 7.08. The van der Waals surface area contributed by atoms with Gasteiger partial charge in [0, 0.05) is 9.79 Å². The number of cyclic esters (lactones) is 4. The van der Waals surface area contributed by atoms with E-state index in [1.165, 1.54) is 48.2 Å². The van der Waals surface area contributed by atoms with Gasteiger partial charge in [-0.3, -0.25) is 0 Å². The second-order valence-electron chi connectivity index (χ2n) is 8.70. The van der Waals surface area contributed by atoms with Crippen LogP contribution in [0.2, 0.25) is 0 Å². The largest absolute Gasteiger partial charge is 0.423 e. The minimum Gasteiger partial charge on any atom is -0.423 e. The Kier molecular flexibility index (Phi) is 6.40. The van der Waals surface area contributed by atoms with Crippen molar-refractivity contribution in [2.45, 2.75) is 9.79 Å². The van der Waals surface area contributed by atoms with E-state index in [0.29, 0.717) is 0 Å². The van der Waals surface area contributed by atoms with Crippen LogP contribution in [-0.2, 0) is 9.47 Å². The lowest BCUT2D eigenvalue weighted by Crippen LogP contribution is -2.09. The van der Waals surface area contributed by atoms with Gasteiger partial charge in [0.2, 0.25) is 0 Å². The summed E-state index contributed by atoms with van der Waals surface area (Å²) in [5.74, 6) is -3.94. The number of carbonyl (C=O) groups is 6. The van der Waals surface area contributed by atoms with E-state index in [0.717, 1.165) is 9.79 Å². The molecule has 2 aliphatic heterocycles. The molecule has 10 nitrogen and oxygen atoms in total. The molecular weight excluding hydrogens is 552 g/mol. The highest BCUT2D eigenvalue weighted by Crippen LogP contribution is 2.31. The lowest BCUT2D eigenvalue weighted by molar-refractivity contribution is 0.0425. The van der Waals surface area contributed by atoms with E-state index in [1.54, 1.807) is 48.5 Å². The van der Waals surface area contributed by atoms with Gasteiger partial charge in [0.15, 0.2) is 0 Å². The molecule has 41 heavy (non-hydrogen) atoms. The molecule has 0 atom stereocenters. The number of hydrogen-bond acceptors (Lipinski definition) is 11. The standard InChI is InChI=1S/C30H14O10S/c31-25(15-1-11-21-23(13-15)29(35)39-27(21)33)37-17-3-7-19(8-4-17)41-20-9-5-18(6-10-20)38-26(32)16-2-12-22-24(14-16)30(36)40-28(22)34/h1-14H. The molecule has 2 aliphatic rings. The van der Waals surface area contributed by atoms with Crippen LogP contribution in [0.25, 0.3) is 0 Å². The van der Waals surface area contributed by atoms with Crippen molar-refractivity contribution in [3.8, 4) is 11.5 Å². The van der Waals surface area contributed by atoms with Gasteiger partial charge in [0.25, 0.3) is 0 Å². The Balaban J connectivity index is 1.06. The number of hydrogen-bond donors (Lipinski definition) is 0. The molecular formula is C30H14O10S. The molecule has 0 saturated heterocycles. The summed E-state index contributed by atoms with van der Waals surface area (Å²) < 4.78 is 19.8. The molecule has 11 heteroatoms. The number of fused-ring (bicyclic) bond motifs is 2. The first-order valence-electron chi connectivity index (χ1n) is 11.9. The zero-order chi connectivity index (χ0) is 28.7. The van der Waals surface area contributed by atoms with Crippen molar-refractivity contribution in [1.82, 2.24) is 0 Å². The van der Waals surface area contributed by atoms with Gasteiger partial charge in [-0.1, -0.05) is 11.8 Å². The van der Waals surface area contributed by atoms with Crippen molar-refractivity contribution < 1.29 is 47.7 Å². The molecule has 0 amide bonds. The Morgan fingerprint density at radius 2 is 0.854 bits per heavy atom. The topological polar surface area (TPSA) is 139 Å². The maximum atomic E-state index is 12.5. The summed E-state index contributed by atoms with van der Waals surface area (Å²) >= 11 is 1.42. The number of rotatable bonds is 6. The van der Waals surface area contributed by atoms with Gasteiger partial charge in [-0.25, -0.2) is 28.8 Å². The van der Waals surface area contributed by atoms with E-state index in [-0.39, 0.29) is 44.9 Å². The Labute approximate surface area is 234 Å². The van der Waals surface area contributed by atoms with Gasteiger partial charge in [-0.15, -0.1) is 0 Å². The molecule has 0 aromatic heterocycles. The average molecular weight is 566 g/mol. The fourth-order valence-electron chi connectivity index (χ4n) is 4.04. The molecule has 0 bridgehead atoms. The van der Waals surface area contributed by atoms with Crippen LogP contribution >= 0.6 is 11.8 Å². The minimum absolute atomic E-state index is 0.0180. The highest BCUT2D eigenvalue weighted by Gasteiger charge is 2.31. The number of carbonyl (C=O) groups excluding carboxylic acids is 6. The van der Waals surface area contributed by atoms with Gasteiger partial charge in [-0.05, 0) is 84.9 Å². The molecule has 0 unspecified atom stereocenters. The zero-order valence-corrected chi connectivity index (χ0v) is 21.4. The Bertz CT molecular complexity index is 1670. The van der Waals surface area contributed by atoms with E-state index in [4.69, 9.17) is 9.47 Å². The van der Waals surface area contributed by atoms with Crippen molar-refractivity contribution in [2.24, 2.45) is 0 Å². The van der Waals surface area contributed by atoms with Crippen LogP contribution in [0.5, 0.6) is 11.5 Å². The SMILES string of the molecule is O=C(Oc1ccc(Sc2ccc(OC(=O)c3ccc4c(c3)C(=O)OC4=O)cc2)cc1)c1ccc2c(c1)C(=O)OC2=O. The summed E-state index contributed by atoms with van der Waals surface area (Å²) in [6.07, 6.45) is 0. The third kappa shape index (κ3) is 5.09. The summed E-state index contributed by atoms with van der Waals surface area (Å²) in [6, 6.07) is 21.5. The van der Waals surface area contributed by atoms with Crippen molar-refractivity contribution in [3.63, 3.8) is 0 Å². The van der Waals surface area contributed by atoms with Gasteiger partial charge >= 0.3 is 35.8 Å². The molecule has 0 aliphatic carbocycles. The maximum absolute atomic E-state index is 12.5. The maximum Gasteiger partial charge on any atom is 0.346 e. The Morgan fingerprint density at radius 1 is 0.488 bits per heavy atom. The Hall–Kier alpha value is -5.55. The lowest BCUT2D eigenvalue weighted by atomic mass is 10.1. The van der Waals surface area contributed by atoms with E-state index < -0.39 is 35.8 Å². The monoisotopic (exact) mass is 566 g/mol. The van der Waals surface area contributed by atoms with Crippen molar-refractivity contribution in [2.75, 3.05) is 0 Å². The third-order valence-electron chi connectivity index (χ3n) is 6.07. The molecule has 0 radical (unpaired) electrons. The van der Waals surface area contributed by atoms with Gasteiger partial charge < -0.3 is 18.9 Å². The van der Waals surface area contributed by atoms with Gasteiger partial charge in [-0.2, -0.15) is 0 Å². The van der Waals surface area contributed by atoms with Gasteiger partial charge in [0.1, 0.15) is 11.5 Å². The first kappa shape index (κ1) is 25.7. The molecule has 0 spiro atoms. The number of esters is 6. The predicted molar refractivity (Wildman–Crippen MR) is 139 cm³/mol. The second kappa shape index (κ2) is 10.2. The second-order valence-corrected chi connectivity index (χ2v) is 9.85. The number of ether oxygens (including phenoxy) is 4. The van der Waals surface area contributed by atoms with Crippen LogP contribution in [0.4, 0.5) is 0 Å². The molecule has 200 valence electrons. The molecule has 0 N–H and O–H groups in total. The first-order valence-corrected chi connectivity index (χ1v) is 12.7. The molecule has 4 aromatic carbocycles. The molecule has 4 aromatic rings. The van der Waals surface area contributed by atoms with E-state index in [9.17, 15) is 28.8 Å². The highest BCUT2D eigenvalue weighted by molar-refractivity contribution is 7.99. The predicted octanol–water partition coefficient (Wildman–Crippen LogP) is 4.90. The first-order chi connectivity index (χ1) is 19.7. The van der Waals surface area contributed by atoms with E-state index in [1.807, 2.05) is 0 Å². The average Bonchev–Trinajstić information content (AvgIpc) is 3.43. The summed E-state index contributed by atoms with van der Waals surface area (Å²) in [7, 11) is 0. The van der Waals surface area contributed by atoms with Crippen LogP contribution in [0.3, 0.4) is 0 Å². The Morgan fingerprint density at radius 3 is 1.24 bits per heavy atom. The fraction of sp³-hybridized carbons (Fsp3) is 0. The van der Waals surface area contributed by atoms with Crippen molar-refractivity contribution in [3.05, 3.63) is 118 Å². The molecule has 2 heterocycles. The molecule has 0 saturated carbocycles. The smallest absolute Gasteiger partial charge is 0.346 e. The van der Waals surface area contributed by atoms with Crippen LogP contribution in [0.15, 0.2) is 94.7 Å². The highest BCUT2D eigenvalue weighted by atomic mass is 32.2. The summed E-state index contributed by atoms with van der Waals surface area (Å²) in [5.41, 5.74) is 0.441. The lowest BCUT2D eigenvalue weighted by Gasteiger charge is -2.08. The quantitative estimate of drug-likeness (QED) is 0.179. The summed E-state index contributed by atoms with van der Waals surface area (Å²) in [4.78, 5) is 73.3. The summed E-state index contributed by atoms with van der Waals surface area (Å²) in [6.45, 7) is 0. The zero-order valence-electron chi connectivity index (χ0n) is 20.6. The van der Waals surface area contributed by atoms with Crippen LogP contribution < -0.4 is 9.47 Å². The fourth-order valence-corrected chi connectivity index (χ4v) is 4.86. The normalized spacial score (nSPS) is 13.3.